The molecule has 4 rings (SSSR count). The van der Waals surface area contributed by atoms with E-state index in [1.165, 1.54) is 4.90 Å². The highest BCUT2D eigenvalue weighted by Gasteiger charge is 2.40. The van der Waals surface area contributed by atoms with E-state index in [2.05, 4.69) is 16.0 Å². The average molecular weight is 551 g/mol. The number of aliphatic hydroxyl groups excluding tert-OH is 1. The number of amides is 4. The molecule has 40 heavy (non-hydrogen) atoms. The fourth-order valence-corrected chi connectivity index (χ4v) is 5.30. The van der Waals surface area contributed by atoms with Crippen LogP contribution in [0.15, 0.2) is 54.6 Å². The summed E-state index contributed by atoms with van der Waals surface area (Å²) in [5.41, 5.74) is 1.66. The van der Waals surface area contributed by atoms with Crippen LogP contribution in [0.25, 0.3) is 0 Å². The van der Waals surface area contributed by atoms with Crippen LogP contribution in [-0.2, 0) is 32.0 Å². The van der Waals surface area contributed by atoms with Crippen LogP contribution in [0.5, 0.6) is 5.75 Å². The van der Waals surface area contributed by atoms with Crippen molar-refractivity contribution in [1.29, 1.82) is 0 Å². The number of aliphatic hydroxyl groups is 1. The van der Waals surface area contributed by atoms with Crippen LogP contribution in [0.4, 0.5) is 0 Å². The Hall–Kier alpha value is -3.92. The Bertz CT molecular complexity index is 1170. The molecule has 2 fully saturated rings. The molecule has 0 aliphatic carbocycles. The molecule has 4 N–H and O–H groups in total. The van der Waals surface area contributed by atoms with Crippen LogP contribution < -0.4 is 20.7 Å². The van der Waals surface area contributed by atoms with Gasteiger partial charge in [-0.1, -0.05) is 42.5 Å². The first-order valence-electron chi connectivity index (χ1n) is 13.9. The van der Waals surface area contributed by atoms with Gasteiger partial charge in [-0.2, -0.15) is 0 Å². The highest BCUT2D eigenvalue weighted by atomic mass is 16.5. The van der Waals surface area contributed by atoms with Gasteiger partial charge in [0.15, 0.2) is 0 Å². The minimum Gasteiger partial charge on any atom is -0.497 e. The summed E-state index contributed by atoms with van der Waals surface area (Å²) in [6.07, 6.45) is 2.85. The van der Waals surface area contributed by atoms with Crippen molar-refractivity contribution >= 4 is 23.6 Å². The third-order valence-electron chi connectivity index (χ3n) is 7.50. The van der Waals surface area contributed by atoms with Gasteiger partial charge in [0.1, 0.15) is 29.9 Å². The third-order valence-corrected chi connectivity index (χ3v) is 7.50. The van der Waals surface area contributed by atoms with Crippen LogP contribution in [0, 0.1) is 0 Å². The lowest BCUT2D eigenvalue weighted by Crippen LogP contribution is -2.62. The molecule has 0 radical (unpaired) electrons. The van der Waals surface area contributed by atoms with Crippen LogP contribution in [-0.4, -0.2) is 78.1 Å². The molecular formula is C30H38N4O6. The molecule has 4 amide bonds. The van der Waals surface area contributed by atoms with Crippen molar-refractivity contribution < 1.29 is 29.0 Å². The highest BCUT2D eigenvalue weighted by Crippen LogP contribution is 2.21. The number of hydrogen-bond acceptors (Lipinski definition) is 6. The summed E-state index contributed by atoms with van der Waals surface area (Å²) in [5.74, 6) is -0.990. The van der Waals surface area contributed by atoms with Crippen LogP contribution >= 0.6 is 0 Å². The molecule has 10 nitrogen and oxygen atoms in total. The number of fused-ring (bicyclic) bond motifs is 1. The number of hydrogen-bond donors (Lipinski definition) is 4. The molecule has 0 aromatic heterocycles. The lowest BCUT2D eigenvalue weighted by molar-refractivity contribution is -0.143. The van der Waals surface area contributed by atoms with Gasteiger partial charge in [-0.25, -0.2) is 0 Å². The number of unbranched alkanes of at least 4 members (excludes halogenated alkanes) is 1. The number of nitrogens with one attached hydrogen (secondary N) is 3. The van der Waals surface area contributed by atoms with Crippen LogP contribution in [0.1, 0.15) is 43.2 Å². The minimum atomic E-state index is -0.988. The molecule has 2 aliphatic rings. The maximum absolute atomic E-state index is 13.8. The summed E-state index contributed by atoms with van der Waals surface area (Å²) in [7, 11) is 1.57. The summed E-state index contributed by atoms with van der Waals surface area (Å²) >= 11 is 0. The topological polar surface area (TPSA) is 137 Å². The van der Waals surface area contributed by atoms with Gasteiger partial charge in [-0.15, -0.1) is 0 Å². The second-order valence-electron chi connectivity index (χ2n) is 10.3. The Morgan fingerprint density at radius 1 is 0.800 bits per heavy atom. The molecule has 2 aromatic carbocycles. The van der Waals surface area contributed by atoms with Gasteiger partial charge in [0.05, 0.1) is 7.11 Å². The standard InChI is InChI=1S/C30H38N4O6/c1-40-22-14-12-21(13-15-22)18-24-28(37)33-25(19-20-8-3-2-4-9-20)30(39)34-16-7-11-26(34)29(38)31-23(27(36)32-24)10-5-6-17-35/h2-4,8-9,12-15,23-26,35H,5-7,10-11,16-19H2,1H3,(H,31,38)(H,32,36)(H,33,37)/t23-,24+,25-,26+/m0/s1. The average Bonchev–Trinajstić information content (AvgIpc) is 3.46. The quantitative estimate of drug-likeness (QED) is 0.345. The fraction of sp³-hybridized carbons (Fsp3) is 0.467. The molecule has 10 heteroatoms. The van der Waals surface area contributed by atoms with Crippen molar-refractivity contribution in [3.05, 3.63) is 65.7 Å². The van der Waals surface area contributed by atoms with Crippen molar-refractivity contribution in [3.63, 3.8) is 0 Å². The van der Waals surface area contributed by atoms with Crippen molar-refractivity contribution in [1.82, 2.24) is 20.9 Å². The summed E-state index contributed by atoms with van der Waals surface area (Å²) in [4.78, 5) is 55.9. The van der Waals surface area contributed by atoms with Gasteiger partial charge in [0.25, 0.3) is 0 Å². The first-order chi connectivity index (χ1) is 19.4. The number of rotatable bonds is 9. The van der Waals surface area contributed by atoms with E-state index in [9.17, 15) is 24.3 Å². The Morgan fingerprint density at radius 2 is 1.43 bits per heavy atom. The number of ether oxygens (including phenoxy) is 1. The molecular weight excluding hydrogens is 512 g/mol. The second-order valence-corrected chi connectivity index (χ2v) is 10.3. The monoisotopic (exact) mass is 550 g/mol. The molecule has 2 aliphatic heterocycles. The lowest BCUT2D eigenvalue weighted by atomic mass is 10.00. The molecule has 214 valence electrons. The van der Waals surface area contributed by atoms with Gasteiger partial charge in [-0.05, 0) is 55.4 Å². The molecule has 2 saturated heterocycles. The summed E-state index contributed by atoms with van der Waals surface area (Å²) in [5, 5.41) is 17.8. The summed E-state index contributed by atoms with van der Waals surface area (Å²) in [6, 6.07) is 13.1. The maximum Gasteiger partial charge on any atom is 0.246 e. The number of carbonyl (C=O) groups excluding carboxylic acids is 4. The lowest BCUT2D eigenvalue weighted by Gasteiger charge is -2.32. The van der Waals surface area contributed by atoms with Gasteiger partial charge < -0.3 is 30.7 Å². The molecule has 0 spiro atoms. The van der Waals surface area contributed by atoms with Crippen molar-refractivity contribution in [3.8, 4) is 5.75 Å². The second kappa shape index (κ2) is 13.9. The van der Waals surface area contributed by atoms with E-state index in [4.69, 9.17) is 4.74 Å². The number of carbonyl (C=O) groups is 4. The Morgan fingerprint density at radius 3 is 2.12 bits per heavy atom. The van der Waals surface area contributed by atoms with Gasteiger partial charge >= 0.3 is 0 Å². The predicted octanol–water partition coefficient (Wildman–Crippen LogP) is 1.10. The molecule has 4 atom stereocenters. The fourth-order valence-electron chi connectivity index (χ4n) is 5.30. The number of methoxy groups -OCH3 is 1. The molecule has 0 unspecified atom stereocenters. The maximum atomic E-state index is 13.8. The van der Waals surface area contributed by atoms with E-state index in [1.54, 1.807) is 19.2 Å². The van der Waals surface area contributed by atoms with Gasteiger partial charge in [0, 0.05) is 26.0 Å². The first kappa shape index (κ1) is 29.1. The normalized spacial score (nSPS) is 23.8. The Balaban J connectivity index is 1.66. The van der Waals surface area contributed by atoms with Crippen LogP contribution in [0.2, 0.25) is 0 Å². The Kier molecular flexibility index (Phi) is 10.1. The molecule has 0 saturated carbocycles. The van der Waals surface area contributed by atoms with Crippen molar-refractivity contribution in [2.24, 2.45) is 0 Å². The van der Waals surface area contributed by atoms with E-state index in [1.807, 2.05) is 42.5 Å². The molecule has 2 aromatic rings. The molecule has 0 bridgehead atoms. The minimum absolute atomic E-state index is 0.0293. The third kappa shape index (κ3) is 7.38. The summed E-state index contributed by atoms with van der Waals surface area (Å²) < 4.78 is 5.23. The van der Waals surface area contributed by atoms with E-state index in [0.29, 0.717) is 44.4 Å². The largest absolute Gasteiger partial charge is 0.497 e. The van der Waals surface area contributed by atoms with E-state index >= 15 is 0 Å². The zero-order valence-electron chi connectivity index (χ0n) is 22.8. The smallest absolute Gasteiger partial charge is 0.246 e. The zero-order chi connectivity index (χ0) is 28.5. The van der Waals surface area contributed by atoms with Crippen molar-refractivity contribution in [2.45, 2.75) is 69.1 Å². The Labute approximate surface area is 234 Å². The first-order valence-corrected chi connectivity index (χ1v) is 13.9. The number of nitrogens with zero attached hydrogens (tertiary/aromatic N) is 1. The molecule has 2 heterocycles. The van der Waals surface area contributed by atoms with Gasteiger partial charge in [0.2, 0.25) is 23.6 Å². The van der Waals surface area contributed by atoms with E-state index in [-0.39, 0.29) is 31.3 Å². The van der Waals surface area contributed by atoms with E-state index in [0.717, 1.165) is 11.1 Å². The van der Waals surface area contributed by atoms with Crippen molar-refractivity contribution in [2.75, 3.05) is 20.3 Å². The van der Waals surface area contributed by atoms with Gasteiger partial charge in [-0.3, -0.25) is 19.2 Å². The number of benzene rings is 2. The highest BCUT2D eigenvalue weighted by molar-refractivity contribution is 5.98. The van der Waals surface area contributed by atoms with Crippen LogP contribution in [0.3, 0.4) is 0 Å². The predicted molar refractivity (Wildman–Crippen MR) is 148 cm³/mol. The zero-order valence-corrected chi connectivity index (χ0v) is 22.8. The summed E-state index contributed by atoms with van der Waals surface area (Å²) in [6.45, 7) is 0.368. The SMILES string of the molecule is COc1ccc(C[C@H]2NC(=O)[C@H](CCCCO)NC(=O)[C@H]3CCCN3C(=O)[C@H](Cc3ccccc3)NC2=O)cc1. The van der Waals surface area contributed by atoms with E-state index < -0.39 is 36.0 Å².